The number of hydrogen-bond donors (Lipinski definition) is 1. The van der Waals surface area contributed by atoms with Gasteiger partial charge in [0.1, 0.15) is 5.75 Å². The van der Waals surface area contributed by atoms with Gasteiger partial charge in [0, 0.05) is 12.6 Å². The minimum Gasteiger partial charge on any atom is -0.497 e. The molecule has 1 heterocycles. The summed E-state index contributed by atoms with van der Waals surface area (Å²) in [5.41, 5.74) is 1.64. The van der Waals surface area contributed by atoms with Gasteiger partial charge in [-0.3, -0.25) is 4.79 Å². The van der Waals surface area contributed by atoms with E-state index >= 15 is 0 Å². The first-order valence-electron chi connectivity index (χ1n) is 7.54. The molecule has 0 aliphatic heterocycles. The molecular weight excluding hydrogens is 312 g/mol. The van der Waals surface area contributed by atoms with E-state index < -0.39 is 12.1 Å². The van der Waals surface area contributed by atoms with E-state index in [1.165, 1.54) is 13.0 Å². The SMILES string of the molecule is COc1ccc(CCNC(=O)C(C)OC(=O)c2cc(C)no2)cc1. The standard InChI is InChI=1S/C17H20N2O5/c1-11-10-15(24-19-11)17(21)23-12(2)16(20)18-9-8-13-4-6-14(22-3)7-5-13/h4-7,10,12H,8-9H2,1-3H3,(H,18,20). The van der Waals surface area contributed by atoms with E-state index in [-0.39, 0.29) is 11.7 Å². The number of methoxy groups -OCH3 is 1. The van der Waals surface area contributed by atoms with Crippen molar-refractivity contribution >= 4 is 11.9 Å². The summed E-state index contributed by atoms with van der Waals surface area (Å²) in [6.07, 6.45) is -0.253. The number of benzene rings is 1. The van der Waals surface area contributed by atoms with E-state index in [4.69, 9.17) is 14.0 Å². The molecule has 7 nitrogen and oxygen atoms in total. The van der Waals surface area contributed by atoms with Crippen molar-refractivity contribution in [3.63, 3.8) is 0 Å². The number of carbonyl (C=O) groups is 2. The Balaban J connectivity index is 1.75. The van der Waals surface area contributed by atoms with Crippen LogP contribution in [0.5, 0.6) is 5.75 Å². The summed E-state index contributed by atoms with van der Waals surface area (Å²) in [4.78, 5) is 23.7. The highest BCUT2D eigenvalue weighted by Crippen LogP contribution is 2.11. The van der Waals surface area contributed by atoms with Crippen LogP contribution in [0.1, 0.15) is 28.7 Å². The predicted molar refractivity (Wildman–Crippen MR) is 85.8 cm³/mol. The van der Waals surface area contributed by atoms with Gasteiger partial charge in [-0.15, -0.1) is 0 Å². The topological polar surface area (TPSA) is 90.7 Å². The number of amides is 1. The van der Waals surface area contributed by atoms with Gasteiger partial charge in [0.2, 0.25) is 5.76 Å². The molecule has 0 saturated heterocycles. The lowest BCUT2D eigenvalue weighted by atomic mass is 10.1. The third kappa shape index (κ3) is 4.84. The van der Waals surface area contributed by atoms with Crippen LogP contribution >= 0.6 is 0 Å². The Morgan fingerprint density at radius 1 is 1.29 bits per heavy atom. The highest BCUT2D eigenvalue weighted by atomic mass is 16.6. The molecule has 2 rings (SSSR count). The van der Waals surface area contributed by atoms with Crippen LogP contribution in [0.2, 0.25) is 0 Å². The summed E-state index contributed by atoms with van der Waals surface area (Å²) >= 11 is 0. The second-order valence-corrected chi connectivity index (χ2v) is 5.27. The van der Waals surface area contributed by atoms with Gasteiger partial charge in [-0.05, 0) is 38.0 Å². The zero-order chi connectivity index (χ0) is 17.5. The molecule has 0 fully saturated rings. The third-order valence-corrected chi connectivity index (χ3v) is 3.35. The maximum absolute atomic E-state index is 12.0. The third-order valence-electron chi connectivity index (χ3n) is 3.35. The molecule has 1 amide bonds. The Morgan fingerprint density at radius 2 is 2.00 bits per heavy atom. The van der Waals surface area contributed by atoms with Crippen molar-refractivity contribution in [2.75, 3.05) is 13.7 Å². The van der Waals surface area contributed by atoms with E-state index in [0.717, 1.165) is 11.3 Å². The molecule has 2 aromatic rings. The normalized spacial score (nSPS) is 11.6. The molecule has 1 N–H and O–H groups in total. The first-order valence-corrected chi connectivity index (χ1v) is 7.54. The minimum atomic E-state index is -0.918. The quantitative estimate of drug-likeness (QED) is 0.779. The molecule has 0 saturated carbocycles. The van der Waals surface area contributed by atoms with Crippen LogP contribution in [0.4, 0.5) is 0 Å². The molecule has 7 heteroatoms. The van der Waals surface area contributed by atoms with Crippen LogP contribution in [0, 0.1) is 6.92 Å². The van der Waals surface area contributed by atoms with Gasteiger partial charge < -0.3 is 19.3 Å². The van der Waals surface area contributed by atoms with Crippen LogP contribution < -0.4 is 10.1 Å². The number of hydrogen-bond acceptors (Lipinski definition) is 6. The van der Waals surface area contributed by atoms with Crippen molar-refractivity contribution in [1.29, 1.82) is 0 Å². The van der Waals surface area contributed by atoms with Crippen molar-refractivity contribution < 1.29 is 23.6 Å². The first kappa shape index (κ1) is 17.5. The monoisotopic (exact) mass is 332 g/mol. The zero-order valence-electron chi connectivity index (χ0n) is 13.9. The van der Waals surface area contributed by atoms with Gasteiger partial charge in [0.15, 0.2) is 6.10 Å². The maximum Gasteiger partial charge on any atom is 0.377 e. The zero-order valence-corrected chi connectivity index (χ0v) is 13.9. The van der Waals surface area contributed by atoms with Crippen LogP contribution in [-0.4, -0.2) is 36.8 Å². The number of ether oxygens (including phenoxy) is 2. The van der Waals surface area contributed by atoms with Gasteiger partial charge >= 0.3 is 5.97 Å². The van der Waals surface area contributed by atoms with Crippen molar-refractivity contribution in [3.8, 4) is 5.75 Å². The smallest absolute Gasteiger partial charge is 0.377 e. The van der Waals surface area contributed by atoms with Gasteiger partial charge in [-0.25, -0.2) is 4.79 Å². The Morgan fingerprint density at radius 3 is 2.58 bits per heavy atom. The van der Waals surface area contributed by atoms with Crippen molar-refractivity contribution in [3.05, 3.63) is 47.3 Å². The van der Waals surface area contributed by atoms with Crippen LogP contribution in [0.3, 0.4) is 0 Å². The van der Waals surface area contributed by atoms with Crippen LogP contribution in [0.25, 0.3) is 0 Å². The lowest BCUT2D eigenvalue weighted by Gasteiger charge is -2.12. The number of nitrogens with one attached hydrogen (secondary N) is 1. The van der Waals surface area contributed by atoms with E-state index in [1.807, 2.05) is 24.3 Å². The molecule has 0 spiro atoms. The summed E-state index contributed by atoms with van der Waals surface area (Å²) in [6, 6.07) is 9.04. The van der Waals surface area contributed by atoms with Gasteiger partial charge in [0.25, 0.3) is 5.91 Å². The van der Waals surface area contributed by atoms with Crippen LogP contribution in [0.15, 0.2) is 34.9 Å². The number of aromatic nitrogens is 1. The number of aryl methyl sites for hydroxylation is 1. The second-order valence-electron chi connectivity index (χ2n) is 5.27. The fraction of sp³-hybridized carbons (Fsp3) is 0.353. The summed E-state index contributed by atoms with van der Waals surface area (Å²) < 4.78 is 14.9. The largest absolute Gasteiger partial charge is 0.497 e. The highest BCUT2D eigenvalue weighted by Gasteiger charge is 2.21. The van der Waals surface area contributed by atoms with E-state index in [1.54, 1.807) is 14.0 Å². The first-order chi connectivity index (χ1) is 11.5. The molecule has 0 aliphatic rings. The minimum absolute atomic E-state index is 0.0228. The lowest BCUT2D eigenvalue weighted by Crippen LogP contribution is -2.36. The fourth-order valence-electron chi connectivity index (χ4n) is 2.00. The number of esters is 1. The number of nitrogens with zero attached hydrogens (tertiary/aromatic N) is 1. The molecule has 1 aromatic carbocycles. The molecule has 0 aliphatic carbocycles. The summed E-state index contributed by atoms with van der Waals surface area (Å²) in [7, 11) is 1.61. The highest BCUT2D eigenvalue weighted by molar-refractivity contribution is 5.89. The summed E-state index contributed by atoms with van der Waals surface area (Å²) in [5, 5.41) is 6.33. The fourth-order valence-corrected chi connectivity index (χ4v) is 2.00. The molecule has 0 radical (unpaired) electrons. The van der Waals surface area contributed by atoms with Gasteiger partial charge in [-0.1, -0.05) is 17.3 Å². The van der Waals surface area contributed by atoms with Crippen molar-refractivity contribution in [1.82, 2.24) is 10.5 Å². The number of carbonyl (C=O) groups excluding carboxylic acids is 2. The predicted octanol–water partition coefficient (Wildman–Crippen LogP) is 1.90. The van der Waals surface area contributed by atoms with Crippen LogP contribution in [-0.2, 0) is 16.0 Å². The van der Waals surface area contributed by atoms with Gasteiger partial charge in [0.05, 0.1) is 12.8 Å². The number of rotatable bonds is 7. The van der Waals surface area contributed by atoms with Crippen molar-refractivity contribution in [2.24, 2.45) is 0 Å². The van der Waals surface area contributed by atoms with Gasteiger partial charge in [-0.2, -0.15) is 0 Å². The summed E-state index contributed by atoms with van der Waals surface area (Å²) in [5.74, 6) is -0.321. The van der Waals surface area contributed by atoms with Crippen molar-refractivity contribution in [2.45, 2.75) is 26.4 Å². The Bertz CT molecular complexity index is 693. The van der Waals surface area contributed by atoms with E-state index in [0.29, 0.717) is 18.7 Å². The Labute approximate surface area is 139 Å². The average Bonchev–Trinajstić information content (AvgIpc) is 3.02. The summed E-state index contributed by atoms with van der Waals surface area (Å²) in [6.45, 7) is 3.63. The lowest BCUT2D eigenvalue weighted by molar-refractivity contribution is -0.129. The Kier molecular flexibility index (Phi) is 5.95. The molecular formula is C17H20N2O5. The second kappa shape index (κ2) is 8.14. The molecule has 0 bridgehead atoms. The molecule has 1 atom stereocenters. The molecule has 128 valence electrons. The van der Waals surface area contributed by atoms with E-state index in [2.05, 4.69) is 10.5 Å². The Hall–Kier alpha value is -2.83. The molecule has 1 aromatic heterocycles. The van der Waals surface area contributed by atoms with E-state index in [9.17, 15) is 9.59 Å². The molecule has 24 heavy (non-hydrogen) atoms. The maximum atomic E-state index is 12.0. The average molecular weight is 332 g/mol. The molecule has 1 unspecified atom stereocenters.